The van der Waals surface area contributed by atoms with Crippen LogP contribution in [0, 0.1) is 17.6 Å². The highest BCUT2D eigenvalue weighted by Crippen LogP contribution is 2.29. The Labute approximate surface area is 168 Å². The van der Waals surface area contributed by atoms with Crippen LogP contribution in [0.3, 0.4) is 0 Å². The molecule has 2 aliphatic heterocycles. The van der Waals surface area contributed by atoms with Gasteiger partial charge in [0.15, 0.2) is 0 Å². The first-order chi connectivity index (χ1) is 13.8. The number of carbonyl (C=O) groups excluding carboxylic acids is 3. The van der Waals surface area contributed by atoms with Crippen molar-refractivity contribution >= 4 is 23.4 Å². The van der Waals surface area contributed by atoms with Crippen LogP contribution in [-0.2, 0) is 14.4 Å². The Morgan fingerprint density at radius 3 is 2.59 bits per heavy atom. The Balaban J connectivity index is 1.61. The van der Waals surface area contributed by atoms with Gasteiger partial charge in [-0.05, 0) is 18.6 Å². The summed E-state index contributed by atoms with van der Waals surface area (Å²) >= 11 is 0. The standard InChI is InChI=1S/C20H26F2N4O3/c1-23(2)19(28)13-24-6-3-7-25(9-8-24)20(29)14-10-18(27)26(12-14)17-5-4-15(21)11-16(17)22/h4-5,11,14H,3,6-10,12-13H2,1-2H3. The van der Waals surface area contributed by atoms with Gasteiger partial charge >= 0.3 is 0 Å². The second kappa shape index (κ2) is 8.86. The summed E-state index contributed by atoms with van der Waals surface area (Å²) in [6.07, 6.45) is 0.748. The first-order valence-corrected chi connectivity index (χ1v) is 9.73. The van der Waals surface area contributed by atoms with Crippen molar-refractivity contribution < 1.29 is 23.2 Å². The van der Waals surface area contributed by atoms with E-state index in [0.717, 1.165) is 25.1 Å². The Morgan fingerprint density at radius 2 is 1.90 bits per heavy atom. The van der Waals surface area contributed by atoms with Gasteiger partial charge in [0.05, 0.1) is 18.2 Å². The van der Waals surface area contributed by atoms with Crippen LogP contribution in [0.4, 0.5) is 14.5 Å². The van der Waals surface area contributed by atoms with Gasteiger partial charge in [-0.15, -0.1) is 0 Å². The van der Waals surface area contributed by atoms with Crippen LogP contribution in [0.5, 0.6) is 0 Å². The Kier molecular flexibility index (Phi) is 6.46. The molecule has 1 aromatic carbocycles. The van der Waals surface area contributed by atoms with Gasteiger partial charge in [-0.3, -0.25) is 19.3 Å². The number of likely N-dealkylation sites (N-methyl/N-ethyl adjacent to an activating group) is 1. The lowest BCUT2D eigenvalue weighted by atomic mass is 10.1. The fourth-order valence-corrected chi connectivity index (χ4v) is 3.75. The summed E-state index contributed by atoms with van der Waals surface area (Å²) in [7, 11) is 3.42. The summed E-state index contributed by atoms with van der Waals surface area (Å²) < 4.78 is 27.2. The highest BCUT2D eigenvalue weighted by molar-refractivity contribution is 6.00. The number of halogens is 2. The molecule has 2 fully saturated rings. The van der Waals surface area contributed by atoms with E-state index in [0.29, 0.717) is 26.2 Å². The van der Waals surface area contributed by atoms with Gasteiger partial charge in [-0.1, -0.05) is 0 Å². The molecule has 7 nitrogen and oxygen atoms in total. The van der Waals surface area contributed by atoms with Crippen LogP contribution in [0.25, 0.3) is 0 Å². The summed E-state index contributed by atoms with van der Waals surface area (Å²) in [6, 6.07) is 3.05. The zero-order valence-corrected chi connectivity index (χ0v) is 16.7. The van der Waals surface area contributed by atoms with E-state index in [1.165, 1.54) is 11.0 Å². The topological polar surface area (TPSA) is 64.2 Å². The average molecular weight is 408 g/mol. The van der Waals surface area contributed by atoms with Crippen LogP contribution in [-0.4, -0.2) is 85.8 Å². The Hall–Kier alpha value is -2.55. The lowest BCUT2D eigenvalue weighted by Gasteiger charge is -2.25. The molecule has 29 heavy (non-hydrogen) atoms. The number of hydrogen-bond acceptors (Lipinski definition) is 4. The van der Waals surface area contributed by atoms with Crippen molar-refractivity contribution in [2.75, 3.05) is 58.3 Å². The van der Waals surface area contributed by atoms with Gasteiger partial charge in [0, 0.05) is 59.3 Å². The van der Waals surface area contributed by atoms with Crippen molar-refractivity contribution in [1.82, 2.24) is 14.7 Å². The molecule has 1 unspecified atom stereocenters. The van der Waals surface area contributed by atoms with Crippen LogP contribution < -0.4 is 4.90 Å². The number of amides is 3. The molecule has 0 aliphatic carbocycles. The zero-order chi connectivity index (χ0) is 21.1. The number of nitrogens with zero attached hydrogens (tertiary/aromatic N) is 4. The minimum absolute atomic E-state index is 0.00376. The largest absolute Gasteiger partial charge is 0.348 e. The van der Waals surface area contributed by atoms with Crippen LogP contribution in [0.2, 0.25) is 0 Å². The van der Waals surface area contributed by atoms with Gasteiger partial charge in [0.1, 0.15) is 11.6 Å². The highest BCUT2D eigenvalue weighted by Gasteiger charge is 2.38. The number of hydrogen-bond donors (Lipinski definition) is 0. The molecule has 0 radical (unpaired) electrons. The molecule has 2 aliphatic rings. The van der Waals surface area contributed by atoms with E-state index in [4.69, 9.17) is 0 Å². The van der Waals surface area contributed by atoms with Gasteiger partial charge in [-0.2, -0.15) is 0 Å². The normalized spacial score (nSPS) is 20.7. The molecule has 158 valence electrons. The van der Waals surface area contributed by atoms with Gasteiger partial charge in [-0.25, -0.2) is 8.78 Å². The first-order valence-electron chi connectivity index (χ1n) is 9.73. The molecule has 0 N–H and O–H groups in total. The molecule has 3 rings (SSSR count). The van der Waals surface area contributed by atoms with Crippen molar-refractivity contribution in [2.24, 2.45) is 5.92 Å². The smallest absolute Gasteiger partial charge is 0.236 e. The molecule has 1 atom stereocenters. The van der Waals surface area contributed by atoms with Crippen molar-refractivity contribution in [1.29, 1.82) is 0 Å². The maximum absolute atomic E-state index is 14.1. The predicted molar refractivity (Wildman–Crippen MR) is 103 cm³/mol. The van der Waals surface area contributed by atoms with Crippen LogP contribution in [0.15, 0.2) is 18.2 Å². The van der Waals surface area contributed by atoms with Gasteiger partial charge in [0.2, 0.25) is 17.7 Å². The third kappa shape index (κ3) is 4.90. The van der Waals surface area contributed by atoms with Crippen molar-refractivity contribution in [3.63, 3.8) is 0 Å². The summed E-state index contributed by atoms with van der Waals surface area (Å²) in [4.78, 5) is 43.7. The lowest BCUT2D eigenvalue weighted by molar-refractivity contribution is -0.135. The fraction of sp³-hybridized carbons (Fsp3) is 0.550. The Morgan fingerprint density at radius 1 is 1.14 bits per heavy atom. The lowest BCUT2D eigenvalue weighted by Crippen LogP contribution is -2.41. The van der Waals surface area contributed by atoms with Crippen LogP contribution in [0.1, 0.15) is 12.8 Å². The van der Waals surface area contributed by atoms with E-state index in [1.807, 2.05) is 4.90 Å². The first kappa shape index (κ1) is 21.2. The minimum atomic E-state index is -0.817. The molecule has 0 aromatic heterocycles. The quantitative estimate of drug-likeness (QED) is 0.744. The van der Waals surface area contributed by atoms with Crippen molar-refractivity contribution in [3.8, 4) is 0 Å². The maximum Gasteiger partial charge on any atom is 0.236 e. The molecule has 9 heteroatoms. The summed E-state index contributed by atoms with van der Waals surface area (Å²) in [6.45, 7) is 2.74. The third-order valence-electron chi connectivity index (χ3n) is 5.43. The van der Waals surface area contributed by atoms with E-state index < -0.39 is 17.6 Å². The molecule has 1 aromatic rings. The number of anilines is 1. The summed E-state index contributed by atoms with van der Waals surface area (Å²) in [5, 5.41) is 0. The van der Waals surface area contributed by atoms with Gasteiger partial charge < -0.3 is 14.7 Å². The average Bonchev–Trinajstić information content (AvgIpc) is 2.89. The molecule has 2 saturated heterocycles. The minimum Gasteiger partial charge on any atom is -0.348 e. The molecule has 0 bridgehead atoms. The molecule has 3 amide bonds. The number of benzene rings is 1. The molecule has 0 saturated carbocycles. The predicted octanol–water partition coefficient (Wildman–Crippen LogP) is 0.940. The van der Waals surface area contributed by atoms with E-state index >= 15 is 0 Å². The highest BCUT2D eigenvalue weighted by atomic mass is 19.1. The maximum atomic E-state index is 14.1. The third-order valence-corrected chi connectivity index (χ3v) is 5.43. The molecule has 0 spiro atoms. The van der Waals surface area contributed by atoms with E-state index in [9.17, 15) is 23.2 Å². The zero-order valence-electron chi connectivity index (χ0n) is 16.7. The summed E-state index contributed by atoms with van der Waals surface area (Å²) in [5.41, 5.74) is -0.00376. The number of carbonyl (C=O) groups is 3. The fourth-order valence-electron chi connectivity index (χ4n) is 3.75. The van der Waals surface area contributed by atoms with E-state index in [2.05, 4.69) is 0 Å². The van der Waals surface area contributed by atoms with Crippen LogP contribution >= 0.6 is 0 Å². The van der Waals surface area contributed by atoms with E-state index in [1.54, 1.807) is 23.9 Å². The molecular weight excluding hydrogens is 382 g/mol. The molecule has 2 heterocycles. The summed E-state index contributed by atoms with van der Waals surface area (Å²) in [5.74, 6) is -2.55. The number of rotatable bonds is 4. The van der Waals surface area contributed by atoms with Crippen molar-refractivity contribution in [2.45, 2.75) is 12.8 Å². The van der Waals surface area contributed by atoms with Gasteiger partial charge in [0.25, 0.3) is 0 Å². The second-order valence-corrected chi connectivity index (χ2v) is 7.74. The van der Waals surface area contributed by atoms with Crippen molar-refractivity contribution in [3.05, 3.63) is 29.8 Å². The molecular formula is C20H26F2N4O3. The monoisotopic (exact) mass is 408 g/mol. The SMILES string of the molecule is CN(C)C(=O)CN1CCCN(C(=O)C2CC(=O)N(c3ccc(F)cc3F)C2)CC1. The van der Waals surface area contributed by atoms with E-state index in [-0.39, 0.29) is 36.4 Å². The second-order valence-electron chi connectivity index (χ2n) is 7.74. The Bertz CT molecular complexity index is 802.